The summed E-state index contributed by atoms with van der Waals surface area (Å²) in [4.78, 5) is 26.6. The first-order valence-corrected chi connectivity index (χ1v) is 9.89. The summed E-state index contributed by atoms with van der Waals surface area (Å²) in [5, 5.41) is 3.69. The summed E-state index contributed by atoms with van der Waals surface area (Å²) < 4.78 is 6.36. The second-order valence-corrected chi connectivity index (χ2v) is 8.21. The Labute approximate surface area is 159 Å². The number of carbonyl (C=O) groups excluding carboxylic acids is 2. The molecule has 2 bridgehead atoms. The van der Waals surface area contributed by atoms with Gasteiger partial charge in [0.25, 0.3) is 5.91 Å². The van der Waals surface area contributed by atoms with Gasteiger partial charge in [-0.3, -0.25) is 9.59 Å². The Morgan fingerprint density at radius 3 is 2.85 bits per heavy atom. The lowest BCUT2D eigenvalue weighted by atomic mass is 9.73. The van der Waals surface area contributed by atoms with Crippen molar-refractivity contribution in [3.63, 3.8) is 0 Å². The van der Waals surface area contributed by atoms with Crippen LogP contribution in [0.25, 0.3) is 0 Å². The number of halogens is 1. The quantitative estimate of drug-likeness (QED) is 0.859. The third kappa shape index (κ3) is 3.01. The van der Waals surface area contributed by atoms with Crippen molar-refractivity contribution in [3.8, 4) is 0 Å². The number of nitrogens with one attached hydrogen (secondary N) is 1. The summed E-state index contributed by atoms with van der Waals surface area (Å²) in [5.41, 5.74) is 0.445. The molecular formula is C20H25ClN2O3. The Balaban J connectivity index is 1.45. The van der Waals surface area contributed by atoms with Gasteiger partial charge in [-0.2, -0.15) is 0 Å². The smallest absolute Gasteiger partial charge is 0.253 e. The zero-order valence-corrected chi connectivity index (χ0v) is 15.8. The third-order valence-electron chi connectivity index (χ3n) is 6.17. The Kier molecular flexibility index (Phi) is 4.70. The van der Waals surface area contributed by atoms with E-state index in [1.165, 1.54) is 0 Å². The minimum atomic E-state index is -0.215. The first-order chi connectivity index (χ1) is 12.5. The molecule has 4 rings (SSSR count). The maximum Gasteiger partial charge on any atom is 0.253 e. The summed E-state index contributed by atoms with van der Waals surface area (Å²) in [5.74, 6) is 0.745. The van der Waals surface area contributed by atoms with Crippen LogP contribution in [-0.2, 0) is 9.53 Å². The normalized spacial score (nSPS) is 31.9. The van der Waals surface area contributed by atoms with E-state index in [0.29, 0.717) is 48.5 Å². The van der Waals surface area contributed by atoms with E-state index in [9.17, 15) is 9.59 Å². The molecule has 140 valence electrons. The minimum absolute atomic E-state index is 0.0336. The number of hydrogen-bond donors (Lipinski definition) is 1. The molecule has 0 aliphatic carbocycles. The van der Waals surface area contributed by atoms with Crippen LogP contribution in [0.2, 0.25) is 5.02 Å². The van der Waals surface area contributed by atoms with E-state index in [2.05, 4.69) is 5.32 Å². The molecule has 0 saturated carbocycles. The third-order valence-corrected chi connectivity index (χ3v) is 6.43. The van der Waals surface area contributed by atoms with Crippen molar-refractivity contribution in [3.05, 3.63) is 34.9 Å². The maximum atomic E-state index is 12.9. The van der Waals surface area contributed by atoms with E-state index in [4.69, 9.17) is 16.3 Å². The minimum Gasteiger partial charge on any atom is -0.369 e. The fourth-order valence-corrected chi connectivity index (χ4v) is 5.07. The van der Waals surface area contributed by atoms with Gasteiger partial charge in [-0.15, -0.1) is 0 Å². The van der Waals surface area contributed by atoms with Gasteiger partial charge in [0.05, 0.1) is 18.2 Å². The molecule has 1 N–H and O–H groups in total. The number of rotatable bonds is 5. The highest BCUT2D eigenvalue weighted by molar-refractivity contribution is 6.30. The van der Waals surface area contributed by atoms with Crippen LogP contribution in [0.4, 0.5) is 0 Å². The average Bonchev–Trinajstić information content (AvgIpc) is 3.28. The van der Waals surface area contributed by atoms with Crippen molar-refractivity contribution in [2.24, 2.45) is 11.8 Å². The molecule has 4 atom stereocenters. The summed E-state index contributed by atoms with van der Waals surface area (Å²) in [6.07, 6.45) is 3.66. The van der Waals surface area contributed by atoms with E-state index >= 15 is 0 Å². The molecule has 0 unspecified atom stereocenters. The van der Waals surface area contributed by atoms with E-state index in [0.717, 1.165) is 19.3 Å². The van der Waals surface area contributed by atoms with Crippen LogP contribution in [0, 0.1) is 11.8 Å². The zero-order chi connectivity index (χ0) is 18.3. The van der Waals surface area contributed by atoms with Gasteiger partial charge in [0.1, 0.15) is 0 Å². The molecule has 6 heteroatoms. The van der Waals surface area contributed by atoms with Crippen molar-refractivity contribution in [2.75, 3.05) is 19.6 Å². The van der Waals surface area contributed by atoms with Gasteiger partial charge in [-0.1, -0.05) is 18.5 Å². The van der Waals surface area contributed by atoms with Gasteiger partial charge in [0.15, 0.2) is 0 Å². The molecule has 26 heavy (non-hydrogen) atoms. The van der Waals surface area contributed by atoms with Gasteiger partial charge in [0, 0.05) is 41.9 Å². The first kappa shape index (κ1) is 17.8. The van der Waals surface area contributed by atoms with Crippen LogP contribution in [0.15, 0.2) is 24.3 Å². The van der Waals surface area contributed by atoms with Crippen LogP contribution < -0.4 is 5.32 Å². The Morgan fingerprint density at radius 2 is 2.12 bits per heavy atom. The lowest BCUT2D eigenvalue weighted by Crippen LogP contribution is -2.41. The molecule has 1 spiro atoms. The zero-order valence-electron chi connectivity index (χ0n) is 15.0. The van der Waals surface area contributed by atoms with E-state index < -0.39 is 0 Å². The molecule has 3 saturated heterocycles. The van der Waals surface area contributed by atoms with Crippen molar-refractivity contribution in [1.29, 1.82) is 0 Å². The number of benzene rings is 1. The molecule has 0 radical (unpaired) electrons. The number of carbonyl (C=O) groups is 2. The molecule has 5 nitrogen and oxygen atoms in total. The number of ether oxygens (including phenoxy) is 1. The van der Waals surface area contributed by atoms with Gasteiger partial charge >= 0.3 is 0 Å². The fourth-order valence-electron chi connectivity index (χ4n) is 4.94. The highest BCUT2D eigenvalue weighted by Crippen LogP contribution is 2.54. The SMILES string of the molecule is CCCC(=O)NC[C@H]1[C@H]2CN(C(=O)c3ccc(Cl)cc3)C[C@]23CC[C@H]1O3. The van der Waals surface area contributed by atoms with Crippen molar-refractivity contribution in [1.82, 2.24) is 10.2 Å². The lowest BCUT2D eigenvalue weighted by molar-refractivity contribution is -0.121. The lowest BCUT2D eigenvalue weighted by Gasteiger charge is -2.29. The van der Waals surface area contributed by atoms with Crippen molar-refractivity contribution >= 4 is 23.4 Å². The topological polar surface area (TPSA) is 58.6 Å². The second-order valence-electron chi connectivity index (χ2n) is 7.78. The van der Waals surface area contributed by atoms with Gasteiger partial charge in [-0.05, 0) is 43.5 Å². The van der Waals surface area contributed by atoms with Gasteiger partial charge < -0.3 is 15.0 Å². The largest absolute Gasteiger partial charge is 0.369 e. The number of hydrogen-bond acceptors (Lipinski definition) is 3. The van der Waals surface area contributed by atoms with Crippen LogP contribution >= 0.6 is 11.6 Å². The standard InChI is InChI=1S/C20H25ClN2O3/c1-2-3-18(24)22-10-15-16-11-23(12-20(16)9-8-17(15)26-20)19(25)13-4-6-14(21)7-5-13/h4-7,15-17H,2-3,8-12H2,1H3,(H,22,24)/t15-,16+,17+,20+/m0/s1. The van der Waals surface area contributed by atoms with Crippen LogP contribution in [0.5, 0.6) is 0 Å². The predicted octanol–water partition coefficient (Wildman–Crippen LogP) is 2.88. The maximum absolute atomic E-state index is 12.9. The van der Waals surface area contributed by atoms with Crippen LogP contribution in [-0.4, -0.2) is 48.1 Å². The van der Waals surface area contributed by atoms with E-state index in [1.54, 1.807) is 24.3 Å². The summed E-state index contributed by atoms with van der Waals surface area (Å²) in [6, 6.07) is 7.05. The number of amides is 2. The summed E-state index contributed by atoms with van der Waals surface area (Å²) in [6.45, 7) is 4.01. The highest BCUT2D eigenvalue weighted by Gasteiger charge is 2.63. The van der Waals surface area contributed by atoms with Crippen molar-refractivity contribution in [2.45, 2.75) is 44.3 Å². The summed E-state index contributed by atoms with van der Waals surface area (Å²) >= 11 is 5.93. The molecule has 1 aromatic rings. The van der Waals surface area contributed by atoms with Crippen LogP contribution in [0.1, 0.15) is 43.0 Å². The fraction of sp³-hybridized carbons (Fsp3) is 0.600. The molecule has 3 heterocycles. The number of likely N-dealkylation sites (tertiary alicyclic amines) is 1. The second kappa shape index (κ2) is 6.86. The van der Waals surface area contributed by atoms with Gasteiger partial charge in [-0.25, -0.2) is 0 Å². The highest BCUT2D eigenvalue weighted by atomic mass is 35.5. The monoisotopic (exact) mass is 376 g/mol. The van der Waals surface area contributed by atoms with E-state index in [-0.39, 0.29) is 23.5 Å². The molecule has 3 fully saturated rings. The molecule has 0 aromatic heterocycles. The Bertz CT molecular complexity index is 708. The molecule has 2 amide bonds. The Morgan fingerprint density at radius 1 is 1.35 bits per heavy atom. The number of fused-ring (bicyclic) bond motifs is 1. The van der Waals surface area contributed by atoms with Crippen LogP contribution in [0.3, 0.4) is 0 Å². The molecule has 1 aromatic carbocycles. The first-order valence-electron chi connectivity index (χ1n) is 9.52. The summed E-state index contributed by atoms with van der Waals surface area (Å²) in [7, 11) is 0. The molecule has 3 aliphatic heterocycles. The average molecular weight is 377 g/mol. The molecular weight excluding hydrogens is 352 g/mol. The van der Waals surface area contributed by atoms with Gasteiger partial charge in [0.2, 0.25) is 5.91 Å². The van der Waals surface area contributed by atoms with E-state index in [1.807, 2.05) is 11.8 Å². The Hall–Kier alpha value is -1.59. The molecule has 3 aliphatic rings. The number of nitrogens with zero attached hydrogens (tertiary/aromatic N) is 1. The predicted molar refractivity (Wildman–Crippen MR) is 99.1 cm³/mol. The van der Waals surface area contributed by atoms with Crippen molar-refractivity contribution < 1.29 is 14.3 Å².